The number of carbonyl (C=O) groups is 1. The third-order valence-electron chi connectivity index (χ3n) is 5.76. The third kappa shape index (κ3) is 4.44. The molecular weight excluding hydrogens is 416 g/mol. The molecule has 0 radical (unpaired) electrons. The van der Waals surface area contributed by atoms with Crippen molar-refractivity contribution in [2.75, 3.05) is 5.32 Å². The molecule has 1 aliphatic rings. The van der Waals surface area contributed by atoms with Crippen LogP contribution in [0.5, 0.6) is 0 Å². The maximum atomic E-state index is 12.0. The first-order valence-corrected chi connectivity index (χ1v) is 10.9. The molecule has 1 atom stereocenters. The fourth-order valence-electron chi connectivity index (χ4n) is 4.00. The fraction of sp³-hybridized carbons (Fsp3) is 0.208. The number of anilines is 2. The molecule has 1 amide bonds. The van der Waals surface area contributed by atoms with E-state index < -0.39 is 5.91 Å². The Kier molecular flexibility index (Phi) is 5.54. The molecule has 0 spiro atoms. The minimum Gasteiger partial charge on any atom is -0.365 e. The zero-order chi connectivity index (χ0) is 22.8. The van der Waals surface area contributed by atoms with E-state index in [1.165, 1.54) is 6.20 Å². The third-order valence-corrected chi connectivity index (χ3v) is 5.76. The van der Waals surface area contributed by atoms with Gasteiger partial charge in [-0.2, -0.15) is 4.98 Å². The number of aliphatic imine (C=N–C) groups is 1. The molecule has 166 valence electrons. The molecule has 1 saturated carbocycles. The molecule has 0 aliphatic heterocycles. The van der Waals surface area contributed by atoms with Gasteiger partial charge in [0.1, 0.15) is 17.0 Å². The van der Waals surface area contributed by atoms with Crippen LogP contribution in [-0.2, 0) is 0 Å². The molecule has 5 rings (SSSR count). The average Bonchev–Trinajstić information content (AvgIpc) is 3.29. The number of imidazole rings is 1. The van der Waals surface area contributed by atoms with Crippen LogP contribution in [0.3, 0.4) is 0 Å². The van der Waals surface area contributed by atoms with Gasteiger partial charge in [-0.15, -0.1) is 0 Å². The van der Waals surface area contributed by atoms with Crippen molar-refractivity contribution in [3.8, 4) is 11.1 Å². The zero-order valence-electron chi connectivity index (χ0n) is 18.0. The maximum Gasteiger partial charge on any atom is 0.254 e. The Labute approximate surface area is 190 Å². The number of hydrogen-bond donors (Lipinski definition) is 3. The van der Waals surface area contributed by atoms with Gasteiger partial charge >= 0.3 is 0 Å². The van der Waals surface area contributed by atoms with E-state index in [-0.39, 0.29) is 17.6 Å². The lowest BCUT2D eigenvalue weighted by Gasteiger charge is -2.19. The van der Waals surface area contributed by atoms with Crippen molar-refractivity contribution in [2.24, 2.45) is 16.5 Å². The molecule has 0 saturated heterocycles. The Hall–Kier alpha value is -4.11. The predicted octanol–water partition coefficient (Wildman–Crippen LogP) is 3.61. The number of carbonyl (C=O) groups excluding carboxylic acids is 1. The van der Waals surface area contributed by atoms with E-state index in [0.717, 1.165) is 53.9 Å². The second-order valence-electron chi connectivity index (χ2n) is 8.07. The standard InChI is InChI=1S/C24H24N8O/c25-19-6-1-2-7-20(19)30-24-28-13-18(22(26)33)23(31-24)29-17-5-3-4-15(12-17)16-8-9-21-27-10-11-32(21)14-16/h3-5,8-14,19H,1-2,6-7,25H2,(H2,26,33)(H,28,29,31)/t19-/m0/s1. The number of primary amides is 1. The van der Waals surface area contributed by atoms with Crippen LogP contribution >= 0.6 is 0 Å². The number of nitrogens with zero attached hydrogens (tertiary/aromatic N) is 5. The Bertz CT molecular complexity index is 1360. The average molecular weight is 441 g/mol. The number of nitrogens with one attached hydrogen (secondary N) is 1. The second kappa shape index (κ2) is 8.79. The number of nitrogens with two attached hydrogens (primary N) is 2. The smallest absolute Gasteiger partial charge is 0.254 e. The first kappa shape index (κ1) is 20.8. The highest BCUT2D eigenvalue weighted by atomic mass is 16.1. The normalized spacial score (nSPS) is 17.4. The van der Waals surface area contributed by atoms with Crippen LogP contribution in [-0.4, -0.2) is 37.0 Å². The summed E-state index contributed by atoms with van der Waals surface area (Å²) in [6.07, 6.45) is 11.0. The highest BCUT2D eigenvalue weighted by molar-refractivity contribution is 5.98. The number of benzene rings is 1. The highest BCUT2D eigenvalue weighted by Gasteiger charge is 2.18. The van der Waals surface area contributed by atoms with Gasteiger partial charge in [-0.05, 0) is 54.7 Å². The Morgan fingerprint density at radius 1 is 1.15 bits per heavy atom. The first-order valence-electron chi connectivity index (χ1n) is 10.9. The van der Waals surface area contributed by atoms with E-state index in [4.69, 9.17) is 11.5 Å². The van der Waals surface area contributed by atoms with Crippen LogP contribution in [0.4, 0.5) is 17.5 Å². The molecule has 0 unspecified atom stereocenters. The molecule has 4 aromatic rings. The van der Waals surface area contributed by atoms with Crippen molar-refractivity contribution < 1.29 is 4.79 Å². The summed E-state index contributed by atoms with van der Waals surface area (Å²) in [6, 6.07) is 11.7. The van der Waals surface area contributed by atoms with Crippen molar-refractivity contribution in [1.82, 2.24) is 19.4 Å². The lowest BCUT2D eigenvalue weighted by Crippen LogP contribution is -2.33. The molecule has 3 heterocycles. The molecular formula is C24H24N8O. The lowest BCUT2D eigenvalue weighted by atomic mass is 9.94. The Balaban J connectivity index is 1.47. The van der Waals surface area contributed by atoms with Gasteiger partial charge in [0.25, 0.3) is 11.9 Å². The molecule has 1 aromatic carbocycles. The number of rotatable bonds is 5. The van der Waals surface area contributed by atoms with E-state index in [9.17, 15) is 4.79 Å². The summed E-state index contributed by atoms with van der Waals surface area (Å²) in [4.78, 5) is 29.5. The van der Waals surface area contributed by atoms with Gasteiger partial charge in [0, 0.05) is 42.2 Å². The van der Waals surface area contributed by atoms with Crippen LogP contribution in [0.15, 0.2) is 66.2 Å². The van der Waals surface area contributed by atoms with Gasteiger partial charge in [-0.1, -0.05) is 18.6 Å². The van der Waals surface area contributed by atoms with E-state index in [0.29, 0.717) is 5.82 Å². The first-order chi connectivity index (χ1) is 16.1. The summed E-state index contributed by atoms with van der Waals surface area (Å²) >= 11 is 0. The molecule has 0 bridgehead atoms. The van der Waals surface area contributed by atoms with E-state index >= 15 is 0 Å². The Morgan fingerprint density at radius 2 is 2.06 bits per heavy atom. The minimum atomic E-state index is -0.618. The minimum absolute atomic E-state index is 0.0842. The molecule has 1 fully saturated rings. The monoisotopic (exact) mass is 440 g/mol. The lowest BCUT2D eigenvalue weighted by molar-refractivity contribution is 0.100. The number of fused-ring (bicyclic) bond motifs is 1. The van der Waals surface area contributed by atoms with Gasteiger partial charge in [-0.3, -0.25) is 4.79 Å². The summed E-state index contributed by atoms with van der Waals surface area (Å²) in [7, 11) is 0. The van der Waals surface area contributed by atoms with Crippen LogP contribution in [0.1, 0.15) is 36.0 Å². The number of aromatic nitrogens is 4. The van der Waals surface area contributed by atoms with E-state index in [1.807, 2.05) is 53.2 Å². The molecule has 9 nitrogen and oxygen atoms in total. The number of hydrogen-bond acceptors (Lipinski definition) is 7. The maximum absolute atomic E-state index is 12.0. The van der Waals surface area contributed by atoms with Crippen LogP contribution < -0.4 is 16.8 Å². The van der Waals surface area contributed by atoms with Crippen molar-refractivity contribution in [3.05, 3.63) is 66.7 Å². The molecule has 1 aliphatic carbocycles. The number of pyridine rings is 1. The van der Waals surface area contributed by atoms with Gasteiger partial charge in [0.2, 0.25) is 0 Å². The Morgan fingerprint density at radius 3 is 2.91 bits per heavy atom. The summed E-state index contributed by atoms with van der Waals surface area (Å²) in [5.74, 6) is -0.0483. The van der Waals surface area contributed by atoms with Gasteiger partial charge < -0.3 is 21.2 Å². The summed E-state index contributed by atoms with van der Waals surface area (Å²) in [6.45, 7) is 0. The molecule has 3 aromatic heterocycles. The van der Waals surface area contributed by atoms with Crippen LogP contribution in [0.25, 0.3) is 16.8 Å². The van der Waals surface area contributed by atoms with Gasteiger partial charge in [0.05, 0.1) is 0 Å². The quantitative estimate of drug-likeness (QED) is 0.434. The van der Waals surface area contributed by atoms with Crippen molar-refractivity contribution >= 4 is 34.7 Å². The highest BCUT2D eigenvalue weighted by Crippen LogP contribution is 2.27. The SMILES string of the molecule is NC(=O)c1cnc(N=C2CCCC[C@@H]2N)nc1Nc1cccc(-c2ccc3nccn3c2)c1. The summed E-state index contributed by atoms with van der Waals surface area (Å²) in [5, 5.41) is 3.21. The molecule has 33 heavy (non-hydrogen) atoms. The van der Waals surface area contributed by atoms with Crippen molar-refractivity contribution in [1.29, 1.82) is 0 Å². The number of amides is 1. The zero-order valence-corrected chi connectivity index (χ0v) is 18.0. The molecule has 9 heteroatoms. The largest absolute Gasteiger partial charge is 0.365 e. The van der Waals surface area contributed by atoms with E-state index in [2.05, 4.69) is 25.3 Å². The predicted molar refractivity (Wildman–Crippen MR) is 128 cm³/mol. The summed E-state index contributed by atoms with van der Waals surface area (Å²) in [5.41, 5.74) is 16.5. The topological polar surface area (TPSA) is 137 Å². The van der Waals surface area contributed by atoms with Gasteiger partial charge in [0.15, 0.2) is 0 Å². The van der Waals surface area contributed by atoms with E-state index in [1.54, 1.807) is 6.20 Å². The summed E-state index contributed by atoms with van der Waals surface area (Å²) < 4.78 is 1.96. The van der Waals surface area contributed by atoms with Crippen LogP contribution in [0.2, 0.25) is 0 Å². The van der Waals surface area contributed by atoms with Crippen molar-refractivity contribution in [3.63, 3.8) is 0 Å². The fourth-order valence-corrected chi connectivity index (χ4v) is 4.00. The van der Waals surface area contributed by atoms with Gasteiger partial charge in [-0.25, -0.2) is 15.0 Å². The molecule has 5 N–H and O–H groups in total. The van der Waals surface area contributed by atoms with Crippen LogP contribution in [0, 0.1) is 0 Å². The van der Waals surface area contributed by atoms with Crippen molar-refractivity contribution in [2.45, 2.75) is 31.7 Å². The second-order valence-corrected chi connectivity index (χ2v) is 8.07.